The monoisotopic (exact) mass is 446 g/mol. The molecule has 5 rings (SSSR count). The molecule has 1 aliphatic rings. The minimum atomic E-state index is -0.171. The van der Waals surface area contributed by atoms with Gasteiger partial charge in [0.15, 0.2) is 0 Å². The van der Waals surface area contributed by atoms with Crippen LogP contribution in [0.3, 0.4) is 0 Å². The zero-order valence-electron chi connectivity index (χ0n) is 17.6. The number of fused-ring (bicyclic) bond motifs is 1. The van der Waals surface area contributed by atoms with Crippen molar-refractivity contribution in [3.05, 3.63) is 71.0 Å². The first-order valence-corrected chi connectivity index (χ1v) is 11.3. The van der Waals surface area contributed by atoms with E-state index in [1.54, 1.807) is 23.4 Å². The number of benzene rings is 1. The number of nitrogens with zero attached hydrogens (tertiary/aromatic N) is 6. The molecule has 0 aliphatic carbocycles. The van der Waals surface area contributed by atoms with Crippen LogP contribution in [-0.2, 0) is 11.3 Å². The van der Waals surface area contributed by atoms with Crippen LogP contribution in [0, 0.1) is 6.92 Å². The predicted octanol–water partition coefficient (Wildman–Crippen LogP) is 2.57. The summed E-state index contributed by atoms with van der Waals surface area (Å²) in [7, 11) is 0. The Labute approximate surface area is 188 Å². The minimum Gasteiger partial charge on any atom is -0.338 e. The Morgan fingerprint density at radius 1 is 1.00 bits per heavy atom. The van der Waals surface area contributed by atoms with Crippen molar-refractivity contribution in [3.63, 3.8) is 0 Å². The predicted molar refractivity (Wildman–Crippen MR) is 125 cm³/mol. The Morgan fingerprint density at radius 2 is 1.72 bits per heavy atom. The van der Waals surface area contributed by atoms with Gasteiger partial charge in [-0.25, -0.2) is 15.0 Å². The van der Waals surface area contributed by atoms with E-state index in [2.05, 4.69) is 19.9 Å². The van der Waals surface area contributed by atoms with Gasteiger partial charge in [-0.1, -0.05) is 30.3 Å². The first-order valence-electron chi connectivity index (χ1n) is 10.5. The van der Waals surface area contributed by atoms with Crippen LogP contribution in [0.4, 0.5) is 5.95 Å². The number of carbonyl (C=O) groups excluding carboxylic acids is 1. The zero-order valence-corrected chi connectivity index (χ0v) is 18.5. The first kappa shape index (κ1) is 20.3. The summed E-state index contributed by atoms with van der Waals surface area (Å²) in [6.07, 6.45) is 4.91. The number of hydrogen-bond acceptors (Lipinski definition) is 7. The molecule has 4 aromatic rings. The number of piperazine rings is 1. The molecular weight excluding hydrogens is 424 g/mol. The molecule has 0 radical (unpaired) electrons. The molecule has 9 heteroatoms. The van der Waals surface area contributed by atoms with Crippen molar-refractivity contribution in [2.45, 2.75) is 13.5 Å². The molecule has 1 aromatic carbocycles. The van der Waals surface area contributed by atoms with E-state index in [1.807, 2.05) is 37.3 Å². The summed E-state index contributed by atoms with van der Waals surface area (Å²) in [5, 5.41) is 0.593. The summed E-state index contributed by atoms with van der Waals surface area (Å²) < 4.78 is 1.42. The zero-order chi connectivity index (χ0) is 22.1. The molecule has 0 saturated carbocycles. The van der Waals surface area contributed by atoms with Gasteiger partial charge >= 0.3 is 0 Å². The third kappa shape index (κ3) is 3.75. The molecular formula is C23H22N6O2S. The van der Waals surface area contributed by atoms with Gasteiger partial charge in [-0.2, -0.15) is 0 Å². The normalized spacial score (nSPS) is 14.2. The number of amides is 1. The van der Waals surface area contributed by atoms with Gasteiger partial charge in [-0.3, -0.25) is 14.2 Å². The Hall–Kier alpha value is -3.59. The molecule has 0 unspecified atom stereocenters. The van der Waals surface area contributed by atoms with E-state index in [0.29, 0.717) is 42.3 Å². The second-order valence-electron chi connectivity index (χ2n) is 7.70. The number of aromatic nitrogens is 4. The van der Waals surface area contributed by atoms with Gasteiger partial charge in [0, 0.05) is 43.4 Å². The maximum absolute atomic E-state index is 13.2. The van der Waals surface area contributed by atoms with Gasteiger partial charge in [-0.15, -0.1) is 11.3 Å². The van der Waals surface area contributed by atoms with Gasteiger partial charge in [-0.05, 0) is 24.1 Å². The van der Waals surface area contributed by atoms with Crippen molar-refractivity contribution < 1.29 is 4.79 Å². The quantitative estimate of drug-likeness (QED) is 0.479. The molecule has 1 aliphatic heterocycles. The Bertz CT molecular complexity index is 1310. The van der Waals surface area contributed by atoms with Crippen LogP contribution in [0.15, 0.2) is 59.9 Å². The van der Waals surface area contributed by atoms with Crippen LogP contribution in [0.5, 0.6) is 0 Å². The summed E-state index contributed by atoms with van der Waals surface area (Å²) in [5.74, 6) is 0.589. The van der Waals surface area contributed by atoms with Gasteiger partial charge in [0.05, 0.1) is 11.7 Å². The fraction of sp³-hybridized carbons (Fsp3) is 0.261. The number of rotatable bonds is 4. The molecule has 3 aromatic heterocycles. The fourth-order valence-corrected chi connectivity index (χ4v) is 5.14. The molecule has 4 heterocycles. The number of carbonyl (C=O) groups is 1. The van der Waals surface area contributed by atoms with E-state index in [0.717, 1.165) is 16.0 Å². The molecule has 1 saturated heterocycles. The lowest BCUT2D eigenvalue weighted by molar-refractivity contribution is -0.132. The van der Waals surface area contributed by atoms with Gasteiger partial charge in [0.25, 0.3) is 5.56 Å². The summed E-state index contributed by atoms with van der Waals surface area (Å²) in [5.41, 5.74) is 1.80. The molecule has 0 bridgehead atoms. The minimum absolute atomic E-state index is 0.0143. The first-order chi connectivity index (χ1) is 15.6. The summed E-state index contributed by atoms with van der Waals surface area (Å²) in [6, 6.07) is 11.8. The fourth-order valence-electron chi connectivity index (χ4n) is 3.99. The Kier molecular flexibility index (Phi) is 5.40. The van der Waals surface area contributed by atoms with E-state index in [9.17, 15) is 9.59 Å². The van der Waals surface area contributed by atoms with Crippen LogP contribution >= 0.6 is 11.3 Å². The summed E-state index contributed by atoms with van der Waals surface area (Å²) >= 11 is 1.51. The SMILES string of the molecule is Cc1c(-c2ccccc2)sc2ncn(CC(=O)N3CCN(c4ncccn4)CC3)c(=O)c12. The molecule has 8 nitrogen and oxygen atoms in total. The van der Waals surface area contributed by atoms with Crippen molar-refractivity contribution in [1.82, 2.24) is 24.4 Å². The summed E-state index contributed by atoms with van der Waals surface area (Å²) in [4.78, 5) is 44.7. The third-order valence-electron chi connectivity index (χ3n) is 5.73. The van der Waals surface area contributed by atoms with E-state index >= 15 is 0 Å². The highest BCUT2D eigenvalue weighted by Crippen LogP contribution is 2.35. The molecule has 1 amide bonds. The molecule has 0 N–H and O–H groups in total. The highest BCUT2D eigenvalue weighted by molar-refractivity contribution is 7.22. The van der Waals surface area contributed by atoms with E-state index in [-0.39, 0.29) is 18.0 Å². The van der Waals surface area contributed by atoms with Crippen molar-refractivity contribution in [1.29, 1.82) is 0 Å². The van der Waals surface area contributed by atoms with Crippen LogP contribution in [0.25, 0.3) is 20.7 Å². The number of hydrogen-bond donors (Lipinski definition) is 0. The molecule has 0 atom stereocenters. The van der Waals surface area contributed by atoms with Crippen molar-refractivity contribution in [3.8, 4) is 10.4 Å². The maximum atomic E-state index is 13.2. The van der Waals surface area contributed by atoms with Gasteiger partial charge < -0.3 is 9.80 Å². The van der Waals surface area contributed by atoms with Gasteiger partial charge in [0.1, 0.15) is 11.4 Å². The highest BCUT2D eigenvalue weighted by Gasteiger charge is 2.23. The van der Waals surface area contributed by atoms with Crippen LogP contribution in [0.2, 0.25) is 0 Å². The van der Waals surface area contributed by atoms with E-state index < -0.39 is 0 Å². The average Bonchev–Trinajstić information content (AvgIpc) is 3.19. The van der Waals surface area contributed by atoms with Crippen LogP contribution in [-0.4, -0.2) is 56.5 Å². The third-order valence-corrected chi connectivity index (χ3v) is 6.98. The maximum Gasteiger partial charge on any atom is 0.262 e. The van der Waals surface area contributed by atoms with Crippen molar-refractivity contribution >= 4 is 33.4 Å². The van der Waals surface area contributed by atoms with Gasteiger partial charge in [0.2, 0.25) is 11.9 Å². The highest BCUT2D eigenvalue weighted by atomic mass is 32.1. The summed E-state index contributed by atoms with van der Waals surface area (Å²) in [6.45, 7) is 4.38. The van der Waals surface area contributed by atoms with E-state index in [4.69, 9.17) is 0 Å². The molecule has 162 valence electrons. The Morgan fingerprint density at radius 3 is 2.44 bits per heavy atom. The Balaban J connectivity index is 1.33. The lowest BCUT2D eigenvalue weighted by Crippen LogP contribution is -2.50. The number of thiophene rings is 1. The van der Waals surface area contributed by atoms with E-state index in [1.165, 1.54) is 22.2 Å². The smallest absolute Gasteiger partial charge is 0.262 e. The lowest BCUT2D eigenvalue weighted by Gasteiger charge is -2.34. The standard InChI is InChI=1S/C23H22N6O2S/c1-16-19-21(32-20(16)17-6-3-2-4-7-17)26-15-29(22(19)31)14-18(30)27-10-12-28(13-11-27)23-24-8-5-9-25-23/h2-9,15H,10-14H2,1H3. The number of aryl methyl sites for hydroxylation is 1. The van der Waals surface area contributed by atoms with Crippen LogP contribution < -0.4 is 10.5 Å². The second-order valence-corrected chi connectivity index (χ2v) is 8.70. The number of anilines is 1. The van der Waals surface area contributed by atoms with Crippen LogP contribution in [0.1, 0.15) is 5.56 Å². The molecule has 0 spiro atoms. The van der Waals surface area contributed by atoms with Crippen molar-refractivity contribution in [2.75, 3.05) is 31.1 Å². The van der Waals surface area contributed by atoms with Crippen molar-refractivity contribution in [2.24, 2.45) is 0 Å². The average molecular weight is 447 g/mol. The second kappa shape index (κ2) is 8.51. The largest absolute Gasteiger partial charge is 0.338 e. The topological polar surface area (TPSA) is 84.2 Å². The molecule has 32 heavy (non-hydrogen) atoms. The molecule has 1 fully saturated rings. The lowest BCUT2D eigenvalue weighted by atomic mass is 10.1.